The standard InChI is InChI=1S/C16H25N3O/c17-9-2-1-8-16(20)18-15-7-5-6-14(12-15)13-19-10-3-4-11-19/h5-7,12H,1-4,8-11,13,17H2,(H,18,20). The Morgan fingerprint density at radius 2 is 2.05 bits per heavy atom. The zero-order valence-electron chi connectivity index (χ0n) is 12.1. The molecule has 0 atom stereocenters. The number of benzene rings is 1. The second-order valence-electron chi connectivity index (χ2n) is 5.48. The molecule has 2 rings (SSSR count). The number of hydrogen-bond acceptors (Lipinski definition) is 3. The number of carbonyl (C=O) groups is 1. The summed E-state index contributed by atoms with van der Waals surface area (Å²) in [7, 11) is 0. The predicted molar refractivity (Wildman–Crippen MR) is 82.5 cm³/mol. The summed E-state index contributed by atoms with van der Waals surface area (Å²) in [6, 6.07) is 8.18. The molecule has 4 heteroatoms. The molecule has 1 heterocycles. The molecule has 4 nitrogen and oxygen atoms in total. The maximum Gasteiger partial charge on any atom is 0.224 e. The van der Waals surface area contributed by atoms with Crippen LogP contribution >= 0.6 is 0 Å². The molecule has 1 saturated heterocycles. The smallest absolute Gasteiger partial charge is 0.224 e. The molecule has 0 aromatic heterocycles. The van der Waals surface area contributed by atoms with E-state index in [4.69, 9.17) is 5.73 Å². The Balaban J connectivity index is 1.83. The van der Waals surface area contributed by atoms with Crippen LogP contribution in [0.5, 0.6) is 0 Å². The van der Waals surface area contributed by atoms with E-state index in [1.54, 1.807) is 0 Å². The van der Waals surface area contributed by atoms with Gasteiger partial charge in [0.2, 0.25) is 5.91 Å². The monoisotopic (exact) mass is 275 g/mol. The van der Waals surface area contributed by atoms with E-state index in [2.05, 4.69) is 22.3 Å². The molecule has 1 aliphatic heterocycles. The fraction of sp³-hybridized carbons (Fsp3) is 0.562. The van der Waals surface area contributed by atoms with Crippen LogP contribution in [0.15, 0.2) is 24.3 Å². The Hall–Kier alpha value is -1.39. The van der Waals surface area contributed by atoms with Gasteiger partial charge in [-0.15, -0.1) is 0 Å². The molecule has 1 amide bonds. The predicted octanol–water partition coefficient (Wildman–Crippen LogP) is 2.35. The number of nitrogens with two attached hydrogens (primary N) is 1. The van der Waals surface area contributed by atoms with Crippen molar-refractivity contribution >= 4 is 11.6 Å². The van der Waals surface area contributed by atoms with Gasteiger partial charge in [-0.1, -0.05) is 12.1 Å². The summed E-state index contributed by atoms with van der Waals surface area (Å²) in [5.41, 5.74) is 7.60. The average Bonchev–Trinajstić information content (AvgIpc) is 2.92. The molecule has 1 aliphatic rings. The van der Waals surface area contributed by atoms with Crippen LogP contribution in [0, 0.1) is 0 Å². The number of amides is 1. The second-order valence-corrected chi connectivity index (χ2v) is 5.48. The van der Waals surface area contributed by atoms with Crippen LogP contribution in [0.2, 0.25) is 0 Å². The van der Waals surface area contributed by atoms with Crippen molar-refractivity contribution < 1.29 is 4.79 Å². The van der Waals surface area contributed by atoms with E-state index in [1.807, 2.05) is 12.1 Å². The topological polar surface area (TPSA) is 58.4 Å². The van der Waals surface area contributed by atoms with Crippen LogP contribution in [-0.4, -0.2) is 30.4 Å². The number of unbranched alkanes of at least 4 members (excludes halogenated alkanes) is 1. The zero-order valence-corrected chi connectivity index (χ0v) is 12.1. The fourth-order valence-electron chi connectivity index (χ4n) is 2.60. The van der Waals surface area contributed by atoms with Crippen LogP contribution in [-0.2, 0) is 11.3 Å². The van der Waals surface area contributed by atoms with Crippen LogP contribution in [0.4, 0.5) is 5.69 Å². The van der Waals surface area contributed by atoms with Crippen molar-refractivity contribution in [1.82, 2.24) is 4.90 Å². The van der Waals surface area contributed by atoms with Gasteiger partial charge < -0.3 is 11.1 Å². The van der Waals surface area contributed by atoms with E-state index >= 15 is 0 Å². The van der Waals surface area contributed by atoms with Crippen LogP contribution in [0.25, 0.3) is 0 Å². The summed E-state index contributed by atoms with van der Waals surface area (Å²) in [6.07, 6.45) is 4.92. The maximum absolute atomic E-state index is 11.8. The van der Waals surface area contributed by atoms with Gasteiger partial charge in [-0.25, -0.2) is 0 Å². The lowest BCUT2D eigenvalue weighted by Crippen LogP contribution is -2.18. The van der Waals surface area contributed by atoms with Gasteiger partial charge in [-0.05, 0) is 63.0 Å². The summed E-state index contributed by atoms with van der Waals surface area (Å²) in [4.78, 5) is 14.2. The number of carbonyl (C=O) groups excluding carboxylic acids is 1. The van der Waals surface area contributed by atoms with Gasteiger partial charge in [-0.3, -0.25) is 9.69 Å². The Morgan fingerprint density at radius 1 is 1.25 bits per heavy atom. The number of hydrogen-bond donors (Lipinski definition) is 2. The number of nitrogens with zero attached hydrogens (tertiary/aromatic N) is 1. The third kappa shape index (κ3) is 4.94. The van der Waals surface area contributed by atoms with E-state index < -0.39 is 0 Å². The number of anilines is 1. The number of likely N-dealkylation sites (tertiary alicyclic amines) is 1. The van der Waals surface area contributed by atoms with Gasteiger partial charge >= 0.3 is 0 Å². The maximum atomic E-state index is 11.8. The zero-order chi connectivity index (χ0) is 14.2. The normalized spacial score (nSPS) is 15.4. The summed E-state index contributed by atoms with van der Waals surface area (Å²) in [6.45, 7) is 4.01. The highest BCUT2D eigenvalue weighted by molar-refractivity contribution is 5.90. The van der Waals surface area contributed by atoms with Gasteiger partial charge in [0.25, 0.3) is 0 Å². The Morgan fingerprint density at radius 3 is 2.80 bits per heavy atom. The highest BCUT2D eigenvalue weighted by Gasteiger charge is 2.12. The molecule has 0 spiro atoms. The summed E-state index contributed by atoms with van der Waals surface area (Å²) in [5.74, 6) is 0.0803. The quantitative estimate of drug-likeness (QED) is 0.751. The number of nitrogens with one attached hydrogen (secondary N) is 1. The van der Waals surface area contributed by atoms with Crippen LogP contribution < -0.4 is 11.1 Å². The van der Waals surface area contributed by atoms with Gasteiger partial charge in [0.05, 0.1) is 0 Å². The Kier molecular flexibility index (Phi) is 6.02. The summed E-state index contributed by atoms with van der Waals surface area (Å²) < 4.78 is 0. The minimum Gasteiger partial charge on any atom is -0.330 e. The molecule has 1 aromatic rings. The first-order valence-corrected chi connectivity index (χ1v) is 7.59. The van der Waals surface area contributed by atoms with Crippen LogP contribution in [0.3, 0.4) is 0 Å². The van der Waals surface area contributed by atoms with Gasteiger partial charge in [0.15, 0.2) is 0 Å². The van der Waals surface area contributed by atoms with E-state index in [-0.39, 0.29) is 5.91 Å². The molecule has 3 N–H and O–H groups in total. The highest BCUT2D eigenvalue weighted by Crippen LogP contribution is 2.16. The molecule has 1 fully saturated rings. The second kappa shape index (κ2) is 8.02. The Labute approximate surface area is 121 Å². The van der Waals surface area contributed by atoms with E-state index in [0.29, 0.717) is 13.0 Å². The van der Waals surface area contributed by atoms with Crippen molar-refractivity contribution in [3.05, 3.63) is 29.8 Å². The molecular weight excluding hydrogens is 250 g/mol. The molecule has 0 unspecified atom stereocenters. The van der Waals surface area contributed by atoms with E-state index in [9.17, 15) is 4.79 Å². The molecule has 0 aliphatic carbocycles. The van der Waals surface area contributed by atoms with Gasteiger partial charge in [0.1, 0.15) is 0 Å². The minimum atomic E-state index is 0.0803. The van der Waals surface area contributed by atoms with Crippen LogP contribution in [0.1, 0.15) is 37.7 Å². The van der Waals surface area contributed by atoms with Crippen molar-refractivity contribution in [2.75, 3.05) is 25.0 Å². The van der Waals surface area contributed by atoms with Crippen molar-refractivity contribution in [1.29, 1.82) is 0 Å². The molecule has 0 bridgehead atoms. The first kappa shape index (κ1) is 15.0. The molecular formula is C16H25N3O. The summed E-state index contributed by atoms with van der Waals surface area (Å²) in [5, 5.41) is 2.97. The van der Waals surface area contributed by atoms with Crippen molar-refractivity contribution in [2.45, 2.75) is 38.6 Å². The largest absolute Gasteiger partial charge is 0.330 e. The highest BCUT2D eigenvalue weighted by atomic mass is 16.1. The lowest BCUT2D eigenvalue weighted by molar-refractivity contribution is -0.116. The van der Waals surface area contributed by atoms with Crippen molar-refractivity contribution in [2.24, 2.45) is 5.73 Å². The van der Waals surface area contributed by atoms with E-state index in [0.717, 1.165) is 25.1 Å². The summed E-state index contributed by atoms with van der Waals surface area (Å²) >= 11 is 0. The molecule has 110 valence electrons. The lowest BCUT2D eigenvalue weighted by Gasteiger charge is -2.15. The molecule has 1 aromatic carbocycles. The van der Waals surface area contributed by atoms with E-state index in [1.165, 1.54) is 31.5 Å². The van der Waals surface area contributed by atoms with Crippen molar-refractivity contribution in [3.63, 3.8) is 0 Å². The average molecular weight is 275 g/mol. The Bertz CT molecular complexity index is 427. The molecule has 0 radical (unpaired) electrons. The van der Waals surface area contributed by atoms with Crippen molar-refractivity contribution in [3.8, 4) is 0 Å². The van der Waals surface area contributed by atoms with Gasteiger partial charge in [0, 0.05) is 18.7 Å². The fourth-order valence-corrected chi connectivity index (χ4v) is 2.60. The number of rotatable bonds is 7. The van der Waals surface area contributed by atoms with Gasteiger partial charge in [-0.2, -0.15) is 0 Å². The third-order valence-electron chi connectivity index (χ3n) is 3.67. The molecule has 0 saturated carbocycles. The SMILES string of the molecule is NCCCCC(=O)Nc1cccc(CN2CCCC2)c1. The molecule has 20 heavy (non-hydrogen) atoms. The lowest BCUT2D eigenvalue weighted by atomic mass is 10.1. The first-order valence-electron chi connectivity index (χ1n) is 7.59. The third-order valence-corrected chi connectivity index (χ3v) is 3.67. The minimum absolute atomic E-state index is 0.0803. The first-order chi connectivity index (χ1) is 9.78.